The molecule has 22 heavy (non-hydrogen) atoms. The van der Waals surface area contributed by atoms with Crippen LogP contribution in [-0.4, -0.2) is 28.2 Å². The molecule has 0 spiro atoms. The first kappa shape index (κ1) is 15.8. The highest BCUT2D eigenvalue weighted by Crippen LogP contribution is 2.27. The van der Waals surface area contributed by atoms with Crippen LogP contribution in [0.3, 0.4) is 0 Å². The molecule has 0 saturated heterocycles. The van der Waals surface area contributed by atoms with E-state index in [1.54, 1.807) is 18.2 Å². The fourth-order valence-corrected chi connectivity index (χ4v) is 2.21. The standard InChI is InChI=1S/C16H18N2O4/c1-3-5-6-10(4-2)13-9-14(22-18-13)15(19)17-12-7-11(8-12)16(20)21/h3-6,9,11-12H,1,7-8H2,2H3,(H,17,19)(H,20,21)/b6-5-,10-4+. The molecule has 0 radical (unpaired) electrons. The van der Waals surface area contributed by atoms with E-state index in [9.17, 15) is 9.59 Å². The first-order chi connectivity index (χ1) is 10.5. The van der Waals surface area contributed by atoms with E-state index in [0.29, 0.717) is 18.5 Å². The molecule has 0 atom stereocenters. The van der Waals surface area contributed by atoms with Crippen molar-refractivity contribution in [2.45, 2.75) is 25.8 Å². The molecule has 2 N–H and O–H groups in total. The van der Waals surface area contributed by atoms with Crippen LogP contribution in [0.2, 0.25) is 0 Å². The second kappa shape index (κ2) is 6.89. The van der Waals surface area contributed by atoms with E-state index in [1.165, 1.54) is 0 Å². The van der Waals surface area contributed by atoms with E-state index in [4.69, 9.17) is 9.63 Å². The summed E-state index contributed by atoms with van der Waals surface area (Å²) in [5, 5.41) is 15.4. The number of nitrogens with one attached hydrogen (secondary N) is 1. The van der Waals surface area contributed by atoms with E-state index >= 15 is 0 Å². The van der Waals surface area contributed by atoms with E-state index in [-0.39, 0.29) is 23.6 Å². The minimum Gasteiger partial charge on any atom is -0.481 e. The van der Waals surface area contributed by atoms with Crippen LogP contribution >= 0.6 is 0 Å². The molecule has 0 bridgehead atoms. The number of aliphatic carboxylic acids is 1. The molecular weight excluding hydrogens is 284 g/mol. The van der Waals surface area contributed by atoms with Crippen LogP contribution < -0.4 is 5.32 Å². The van der Waals surface area contributed by atoms with E-state index < -0.39 is 5.97 Å². The van der Waals surface area contributed by atoms with Crippen molar-refractivity contribution in [3.8, 4) is 0 Å². The predicted octanol–water partition coefficient (Wildman–Crippen LogP) is 2.41. The highest BCUT2D eigenvalue weighted by Gasteiger charge is 2.35. The van der Waals surface area contributed by atoms with Gasteiger partial charge in [-0.25, -0.2) is 0 Å². The summed E-state index contributed by atoms with van der Waals surface area (Å²) >= 11 is 0. The highest BCUT2D eigenvalue weighted by molar-refractivity contribution is 5.92. The Morgan fingerprint density at radius 2 is 2.23 bits per heavy atom. The first-order valence-corrected chi connectivity index (χ1v) is 7.01. The molecule has 6 nitrogen and oxygen atoms in total. The average molecular weight is 302 g/mol. The van der Waals surface area contributed by atoms with Crippen molar-refractivity contribution in [2.24, 2.45) is 5.92 Å². The molecule has 1 aromatic rings. The second-order valence-electron chi connectivity index (χ2n) is 5.09. The van der Waals surface area contributed by atoms with Crippen LogP contribution in [-0.2, 0) is 4.79 Å². The summed E-state index contributed by atoms with van der Waals surface area (Å²) in [6, 6.07) is 1.44. The smallest absolute Gasteiger partial charge is 0.306 e. The quantitative estimate of drug-likeness (QED) is 0.787. The van der Waals surface area contributed by atoms with Gasteiger partial charge in [0.2, 0.25) is 5.76 Å². The number of hydrogen-bond donors (Lipinski definition) is 2. The molecule has 1 aliphatic rings. The third-order valence-electron chi connectivity index (χ3n) is 3.58. The fraction of sp³-hybridized carbons (Fsp3) is 0.312. The van der Waals surface area contributed by atoms with Gasteiger partial charge in [-0.05, 0) is 25.3 Å². The minimum atomic E-state index is -0.820. The van der Waals surface area contributed by atoms with Crippen molar-refractivity contribution in [1.29, 1.82) is 0 Å². The number of aromatic nitrogens is 1. The maximum Gasteiger partial charge on any atom is 0.306 e. The largest absolute Gasteiger partial charge is 0.481 e. The van der Waals surface area contributed by atoms with Crippen LogP contribution in [0.1, 0.15) is 36.0 Å². The Morgan fingerprint density at radius 3 is 2.82 bits per heavy atom. The first-order valence-electron chi connectivity index (χ1n) is 7.01. The van der Waals surface area contributed by atoms with Gasteiger partial charge in [0.05, 0.1) is 5.92 Å². The third-order valence-corrected chi connectivity index (χ3v) is 3.58. The second-order valence-corrected chi connectivity index (χ2v) is 5.09. The van der Waals surface area contributed by atoms with Gasteiger partial charge in [-0.15, -0.1) is 0 Å². The van der Waals surface area contributed by atoms with E-state index in [2.05, 4.69) is 17.1 Å². The summed E-state index contributed by atoms with van der Waals surface area (Å²) in [6.45, 7) is 5.46. The topological polar surface area (TPSA) is 92.4 Å². The molecule has 0 unspecified atom stereocenters. The number of rotatable bonds is 6. The molecule has 0 aliphatic heterocycles. The number of carboxylic acids is 1. The summed E-state index contributed by atoms with van der Waals surface area (Å²) in [4.78, 5) is 22.7. The van der Waals surface area contributed by atoms with Crippen molar-refractivity contribution in [3.63, 3.8) is 0 Å². The van der Waals surface area contributed by atoms with Gasteiger partial charge in [-0.1, -0.05) is 36.0 Å². The van der Waals surface area contributed by atoms with Gasteiger partial charge < -0.3 is 14.9 Å². The zero-order chi connectivity index (χ0) is 16.1. The lowest BCUT2D eigenvalue weighted by Crippen LogP contribution is -2.46. The van der Waals surface area contributed by atoms with Gasteiger partial charge in [-0.2, -0.15) is 0 Å². The van der Waals surface area contributed by atoms with E-state index in [1.807, 2.05) is 19.1 Å². The van der Waals surface area contributed by atoms with Gasteiger partial charge in [0, 0.05) is 12.1 Å². The molecule has 1 aliphatic carbocycles. The summed E-state index contributed by atoms with van der Waals surface area (Å²) in [6.07, 6.45) is 7.98. The van der Waals surface area contributed by atoms with Gasteiger partial charge in [0.25, 0.3) is 5.91 Å². The number of nitrogens with zero attached hydrogens (tertiary/aromatic N) is 1. The Kier molecular flexibility index (Phi) is 4.93. The number of hydrogen-bond acceptors (Lipinski definition) is 4. The Bertz CT molecular complexity index is 636. The SMILES string of the molecule is C=C/C=C\C(=C/C)c1cc(C(=O)NC2CC(C(=O)O)C2)on1. The molecule has 1 amide bonds. The van der Waals surface area contributed by atoms with Gasteiger partial charge in [0.1, 0.15) is 5.69 Å². The molecule has 116 valence electrons. The summed E-state index contributed by atoms with van der Waals surface area (Å²) in [5.74, 6) is -1.45. The lowest BCUT2D eigenvalue weighted by Gasteiger charge is -2.32. The van der Waals surface area contributed by atoms with Crippen LogP contribution in [0.15, 0.2) is 41.5 Å². The number of carbonyl (C=O) groups excluding carboxylic acids is 1. The molecule has 2 rings (SSSR count). The third kappa shape index (κ3) is 3.52. The maximum absolute atomic E-state index is 12.0. The van der Waals surface area contributed by atoms with Crippen LogP contribution in [0, 0.1) is 5.92 Å². The Balaban J connectivity index is 1.96. The highest BCUT2D eigenvalue weighted by atomic mass is 16.5. The number of carbonyl (C=O) groups is 2. The van der Waals surface area contributed by atoms with Crippen molar-refractivity contribution in [3.05, 3.63) is 48.4 Å². The number of amides is 1. The lowest BCUT2D eigenvalue weighted by molar-refractivity contribution is -0.145. The fourth-order valence-electron chi connectivity index (χ4n) is 2.21. The molecule has 1 saturated carbocycles. The Labute approximate surface area is 128 Å². The predicted molar refractivity (Wildman–Crippen MR) is 81.1 cm³/mol. The molecule has 0 aromatic carbocycles. The molecule has 6 heteroatoms. The van der Waals surface area contributed by atoms with Gasteiger partial charge in [-0.3, -0.25) is 9.59 Å². The summed E-state index contributed by atoms with van der Waals surface area (Å²) in [5.41, 5.74) is 1.38. The van der Waals surface area contributed by atoms with Crippen LogP contribution in [0.4, 0.5) is 0 Å². The lowest BCUT2D eigenvalue weighted by atomic mass is 9.80. The van der Waals surface area contributed by atoms with Crippen molar-refractivity contribution in [2.75, 3.05) is 0 Å². The minimum absolute atomic E-state index is 0.111. The van der Waals surface area contributed by atoms with Crippen molar-refractivity contribution < 1.29 is 19.2 Å². The van der Waals surface area contributed by atoms with Crippen molar-refractivity contribution in [1.82, 2.24) is 10.5 Å². The van der Waals surface area contributed by atoms with Crippen LogP contribution in [0.25, 0.3) is 5.57 Å². The van der Waals surface area contributed by atoms with Crippen LogP contribution in [0.5, 0.6) is 0 Å². The Hall–Kier alpha value is -2.63. The van der Waals surface area contributed by atoms with E-state index in [0.717, 1.165) is 5.57 Å². The average Bonchev–Trinajstić information content (AvgIpc) is 2.92. The zero-order valence-electron chi connectivity index (χ0n) is 12.3. The molecule has 1 fully saturated rings. The summed E-state index contributed by atoms with van der Waals surface area (Å²) < 4.78 is 5.05. The van der Waals surface area contributed by atoms with Gasteiger partial charge >= 0.3 is 5.97 Å². The monoisotopic (exact) mass is 302 g/mol. The number of carboxylic acid groups (broad SMARTS) is 1. The zero-order valence-corrected chi connectivity index (χ0v) is 12.3. The summed E-state index contributed by atoms with van der Waals surface area (Å²) in [7, 11) is 0. The van der Waals surface area contributed by atoms with Crippen molar-refractivity contribution >= 4 is 17.4 Å². The molecular formula is C16H18N2O4. The molecule has 1 heterocycles. The van der Waals surface area contributed by atoms with Gasteiger partial charge in [0.15, 0.2) is 0 Å². The normalized spacial score (nSPS) is 21.4. The Morgan fingerprint density at radius 1 is 1.50 bits per heavy atom. The maximum atomic E-state index is 12.0. The molecule has 1 aromatic heterocycles. The number of allylic oxidation sites excluding steroid dienone is 5.